The smallest absolute Gasteiger partial charge is 0.339 e. The van der Waals surface area contributed by atoms with Gasteiger partial charge in [-0.25, -0.2) is 9.59 Å². The van der Waals surface area contributed by atoms with E-state index in [1.54, 1.807) is 31.4 Å². The van der Waals surface area contributed by atoms with Gasteiger partial charge in [0, 0.05) is 13.7 Å². The lowest BCUT2D eigenvalue weighted by Gasteiger charge is -2.19. The van der Waals surface area contributed by atoms with Crippen LogP contribution in [0.3, 0.4) is 0 Å². The molecule has 30 heavy (non-hydrogen) atoms. The van der Waals surface area contributed by atoms with Crippen molar-refractivity contribution in [2.75, 3.05) is 20.3 Å². The zero-order chi connectivity index (χ0) is 22.2. The molecule has 0 bridgehead atoms. The van der Waals surface area contributed by atoms with Gasteiger partial charge in [-0.05, 0) is 56.6 Å². The minimum absolute atomic E-state index is 0.167. The molecule has 0 heterocycles. The average Bonchev–Trinajstić information content (AvgIpc) is 2.73. The molecule has 0 saturated heterocycles. The molecule has 0 aromatic heterocycles. The highest BCUT2D eigenvalue weighted by atomic mass is 16.5. The Morgan fingerprint density at radius 1 is 0.833 bits per heavy atom. The first-order chi connectivity index (χ1) is 14.5. The number of ether oxygens (including phenoxy) is 3. The van der Waals surface area contributed by atoms with Gasteiger partial charge >= 0.3 is 11.9 Å². The van der Waals surface area contributed by atoms with Gasteiger partial charge in [0.15, 0.2) is 0 Å². The van der Waals surface area contributed by atoms with E-state index in [1.165, 1.54) is 12.8 Å². The number of rotatable bonds is 16. The number of hydrogen-bond acceptors (Lipinski definition) is 5. The van der Waals surface area contributed by atoms with E-state index in [1.807, 2.05) is 0 Å². The van der Waals surface area contributed by atoms with Crippen LogP contribution in [0.15, 0.2) is 24.3 Å². The van der Waals surface area contributed by atoms with Crippen LogP contribution in [0.1, 0.15) is 99.3 Å². The predicted octanol–water partition coefficient (Wildman–Crippen LogP) is 6.20. The molecule has 1 atom stereocenters. The van der Waals surface area contributed by atoms with Crippen LogP contribution in [0.2, 0.25) is 0 Å². The topological polar surface area (TPSA) is 61.8 Å². The molecule has 0 aliphatic rings. The lowest BCUT2D eigenvalue weighted by atomic mass is 10.0. The summed E-state index contributed by atoms with van der Waals surface area (Å²) in [4.78, 5) is 25.4. The van der Waals surface area contributed by atoms with Gasteiger partial charge in [0.25, 0.3) is 0 Å². The third kappa shape index (κ3) is 10.8. The monoisotopic (exact) mass is 420 g/mol. The van der Waals surface area contributed by atoms with Crippen LogP contribution in [0, 0.1) is 5.92 Å². The summed E-state index contributed by atoms with van der Waals surface area (Å²) in [6.07, 6.45) is 8.58. The van der Waals surface area contributed by atoms with Crippen molar-refractivity contribution in [3.63, 3.8) is 0 Å². The highest BCUT2D eigenvalue weighted by molar-refractivity contribution is 6.03. The molecule has 1 unspecified atom stereocenters. The Morgan fingerprint density at radius 2 is 1.47 bits per heavy atom. The lowest BCUT2D eigenvalue weighted by molar-refractivity contribution is 0.0224. The lowest BCUT2D eigenvalue weighted by Crippen LogP contribution is -2.21. The van der Waals surface area contributed by atoms with E-state index in [2.05, 4.69) is 20.8 Å². The SMILES string of the molecule is CCCCCCC(CCCOC)OC(=O)c1ccccc1C(=O)OCCCC(C)C. The van der Waals surface area contributed by atoms with Gasteiger partial charge < -0.3 is 14.2 Å². The Kier molecular flexibility index (Phi) is 13.9. The standard InChI is InChI=1S/C25H40O5/c1-5-6-7-8-14-21(15-12-18-28-4)30-25(27)23-17-10-9-16-22(23)24(26)29-19-11-13-20(2)3/h9-10,16-17,20-21H,5-8,11-15,18-19H2,1-4H3. The van der Waals surface area contributed by atoms with Crippen molar-refractivity contribution in [3.05, 3.63) is 35.4 Å². The summed E-state index contributed by atoms with van der Waals surface area (Å²) >= 11 is 0. The second-order valence-corrected chi connectivity index (χ2v) is 8.23. The summed E-state index contributed by atoms with van der Waals surface area (Å²) in [5.74, 6) is -0.355. The Labute approximate surface area is 182 Å². The molecule has 0 aliphatic carbocycles. The second kappa shape index (κ2) is 15.9. The molecule has 0 saturated carbocycles. The highest BCUT2D eigenvalue weighted by Gasteiger charge is 2.22. The minimum Gasteiger partial charge on any atom is -0.462 e. The van der Waals surface area contributed by atoms with Crippen molar-refractivity contribution in [2.24, 2.45) is 5.92 Å². The third-order valence-electron chi connectivity index (χ3n) is 5.05. The van der Waals surface area contributed by atoms with Crippen molar-refractivity contribution >= 4 is 11.9 Å². The summed E-state index contributed by atoms with van der Waals surface area (Å²) in [6.45, 7) is 7.45. The predicted molar refractivity (Wildman–Crippen MR) is 120 cm³/mol. The normalized spacial score (nSPS) is 12.0. The molecule has 5 heteroatoms. The number of carbonyl (C=O) groups excluding carboxylic acids is 2. The maximum Gasteiger partial charge on any atom is 0.339 e. The summed E-state index contributed by atoms with van der Waals surface area (Å²) in [7, 11) is 1.67. The fourth-order valence-electron chi connectivity index (χ4n) is 3.30. The molecule has 1 aromatic carbocycles. The number of esters is 2. The molecule has 1 rings (SSSR count). The first-order valence-electron chi connectivity index (χ1n) is 11.5. The number of unbranched alkanes of at least 4 members (excludes halogenated alkanes) is 3. The van der Waals surface area contributed by atoms with Crippen LogP contribution >= 0.6 is 0 Å². The van der Waals surface area contributed by atoms with Crippen molar-refractivity contribution in [3.8, 4) is 0 Å². The van der Waals surface area contributed by atoms with Gasteiger partial charge in [-0.2, -0.15) is 0 Å². The van der Waals surface area contributed by atoms with E-state index in [0.717, 1.165) is 44.9 Å². The van der Waals surface area contributed by atoms with E-state index in [0.29, 0.717) is 19.1 Å². The quantitative estimate of drug-likeness (QED) is 0.235. The van der Waals surface area contributed by atoms with Crippen molar-refractivity contribution < 1.29 is 23.8 Å². The first kappa shape index (κ1) is 26.2. The largest absolute Gasteiger partial charge is 0.462 e. The van der Waals surface area contributed by atoms with Gasteiger partial charge in [0.1, 0.15) is 6.10 Å². The van der Waals surface area contributed by atoms with Gasteiger partial charge in [-0.15, -0.1) is 0 Å². The van der Waals surface area contributed by atoms with Crippen LogP contribution < -0.4 is 0 Å². The van der Waals surface area contributed by atoms with Crippen LogP contribution in [0.5, 0.6) is 0 Å². The number of hydrogen-bond donors (Lipinski definition) is 0. The molecule has 0 spiro atoms. The van der Waals surface area contributed by atoms with Gasteiger partial charge in [0.05, 0.1) is 17.7 Å². The molecular weight excluding hydrogens is 380 g/mol. The van der Waals surface area contributed by atoms with E-state index in [-0.39, 0.29) is 17.2 Å². The van der Waals surface area contributed by atoms with Crippen LogP contribution in [-0.4, -0.2) is 38.4 Å². The van der Waals surface area contributed by atoms with E-state index in [4.69, 9.17) is 14.2 Å². The number of carbonyl (C=O) groups is 2. The van der Waals surface area contributed by atoms with Crippen molar-refractivity contribution in [2.45, 2.75) is 84.7 Å². The molecule has 5 nitrogen and oxygen atoms in total. The first-order valence-corrected chi connectivity index (χ1v) is 11.5. The maximum absolute atomic E-state index is 12.9. The number of benzene rings is 1. The maximum atomic E-state index is 12.9. The van der Waals surface area contributed by atoms with Crippen LogP contribution in [0.4, 0.5) is 0 Å². The van der Waals surface area contributed by atoms with Crippen molar-refractivity contribution in [1.29, 1.82) is 0 Å². The average molecular weight is 421 g/mol. The van der Waals surface area contributed by atoms with Gasteiger partial charge in [0.2, 0.25) is 0 Å². The van der Waals surface area contributed by atoms with Crippen LogP contribution in [0.25, 0.3) is 0 Å². The third-order valence-corrected chi connectivity index (χ3v) is 5.05. The summed E-state index contributed by atoms with van der Waals surface area (Å²) in [6, 6.07) is 6.74. The minimum atomic E-state index is -0.467. The summed E-state index contributed by atoms with van der Waals surface area (Å²) in [5.41, 5.74) is 0.547. The Bertz CT molecular complexity index is 611. The molecule has 0 fully saturated rings. The van der Waals surface area contributed by atoms with Crippen molar-refractivity contribution in [1.82, 2.24) is 0 Å². The molecular formula is C25H40O5. The molecule has 170 valence electrons. The molecule has 0 amide bonds. The second-order valence-electron chi connectivity index (χ2n) is 8.23. The Balaban J connectivity index is 2.72. The molecule has 1 aromatic rings. The van der Waals surface area contributed by atoms with E-state index < -0.39 is 11.9 Å². The summed E-state index contributed by atoms with van der Waals surface area (Å²) in [5, 5.41) is 0. The van der Waals surface area contributed by atoms with Gasteiger partial charge in [-0.3, -0.25) is 0 Å². The molecule has 0 N–H and O–H groups in total. The zero-order valence-electron chi connectivity index (χ0n) is 19.3. The van der Waals surface area contributed by atoms with Gasteiger partial charge in [-0.1, -0.05) is 52.2 Å². The highest BCUT2D eigenvalue weighted by Crippen LogP contribution is 2.18. The Hall–Kier alpha value is -1.88. The number of methoxy groups -OCH3 is 1. The van der Waals surface area contributed by atoms with E-state index >= 15 is 0 Å². The zero-order valence-corrected chi connectivity index (χ0v) is 19.3. The van der Waals surface area contributed by atoms with E-state index in [9.17, 15) is 9.59 Å². The molecule has 0 aliphatic heterocycles. The summed E-state index contributed by atoms with van der Waals surface area (Å²) < 4.78 is 16.3. The fraction of sp³-hybridized carbons (Fsp3) is 0.680. The van der Waals surface area contributed by atoms with Crippen LogP contribution in [-0.2, 0) is 14.2 Å². The Morgan fingerprint density at radius 3 is 2.10 bits per heavy atom. The fourth-order valence-corrected chi connectivity index (χ4v) is 3.30. The molecule has 0 radical (unpaired) electrons.